The van der Waals surface area contributed by atoms with Gasteiger partial charge in [-0.1, -0.05) is 0 Å². The van der Waals surface area contributed by atoms with Crippen LogP contribution in [0.15, 0.2) is 18.3 Å². The highest BCUT2D eigenvalue weighted by molar-refractivity contribution is 5.06. The van der Waals surface area contributed by atoms with Crippen molar-refractivity contribution in [2.75, 3.05) is 13.2 Å². The Balaban J connectivity index is 2.16. The average molecular weight is 236 g/mol. The molecule has 1 heterocycles. The molecule has 3 nitrogen and oxygen atoms in total. The van der Waals surface area contributed by atoms with Gasteiger partial charge in [0.05, 0.1) is 0 Å². The third-order valence-corrected chi connectivity index (χ3v) is 2.09. The molecule has 92 valence electrons. The molecular weight excluding hydrogens is 221 g/mol. The van der Waals surface area contributed by atoms with Crippen molar-refractivity contribution < 1.29 is 17.9 Å². The van der Waals surface area contributed by atoms with E-state index in [1.807, 2.05) is 22.9 Å². The first-order valence-corrected chi connectivity index (χ1v) is 5.01. The lowest BCUT2D eigenvalue weighted by atomic mass is 10.4. The fourth-order valence-electron chi connectivity index (χ4n) is 1.38. The number of rotatable bonds is 6. The maximum Gasteiger partial charge on any atom is 0.411 e. The molecule has 0 atom stereocenters. The predicted octanol–water partition coefficient (Wildman–Crippen LogP) is 1.92. The van der Waals surface area contributed by atoms with Crippen LogP contribution in [-0.4, -0.2) is 24.0 Å². The molecule has 0 unspecified atom stereocenters. The first kappa shape index (κ1) is 13.1. The molecule has 1 aromatic rings. The molecule has 6 heteroatoms. The summed E-state index contributed by atoms with van der Waals surface area (Å²) in [5, 5.41) is 0. The lowest BCUT2D eigenvalue weighted by molar-refractivity contribution is -0.174. The standard InChI is InChI=1S/C10H15F3N2O/c11-10(12,13)8-16-6-2-5-15-4-1-3-9(15)7-14/h1,3-4H,2,5-8,14H2. The van der Waals surface area contributed by atoms with Crippen LogP contribution in [0.25, 0.3) is 0 Å². The Labute approximate surface area is 92.0 Å². The molecule has 0 amide bonds. The van der Waals surface area contributed by atoms with Crippen LogP contribution >= 0.6 is 0 Å². The van der Waals surface area contributed by atoms with Gasteiger partial charge in [0, 0.05) is 31.6 Å². The van der Waals surface area contributed by atoms with Gasteiger partial charge in [-0.3, -0.25) is 0 Å². The smallest absolute Gasteiger partial charge is 0.372 e. The van der Waals surface area contributed by atoms with Crippen molar-refractivity contribution in [3.63, 3.8) is 0 Å². The number of ether oxygens (including phenoxy) is 1. The Morgan fingerprint density at radius 3 is 2.75 bits per heavy atom. The minimum atomic E-state index is -4.24. The molecule has 16 heavy (non-hydrogen) atoms. The highest BCUT2D eigenvalue weighted by atomic mass is 19.4. The molecule has 1 rings (SSSR count). The highest BCUT2D eigenvalue weighted by Gasteiger charge is 2.27. The van der Waals surface area contributed by atoms with Crippen molar-refractivity contribution in [2.45, 2.75) is 25.7 Å². The summed E-state index contributed by atoms with van der Waals surface area (Å²) < 4.78 is 41.6. The van der Waals surface area contributed by atoms with E-state index in [1.54, 1.807) is 0 Å². The number of hydrogen-bond acceptors (Lipinski definition) is 2. The van der Waals surface area contributed by atoms with Crippen LogP contribution in [0.4, 0.5) is 13.2 Å². The molecule has 2 N–H and O–H groups in total. The van der Waals surface area contributed by atoms with Gasteiger partial charge in [0.15, 0.2) is 0 Å². The molecule has 0 radical (unpaired) electrons. The number of nitrogens with zero attached hydrogens (tertiary/aromatic N) is 1. The maximum atomic E-state index is 11.7. The van der Waals surface area contributed by atoms with Crippen molar-refractivity contribution in [1.82, 2.24) is 4.57 Å². The molecule has 0 aromatic carbocycles. The lowest BCUT2D eigenvalue weighted by Gasteiger charge is -2.09. The zero-order chi connectivity index (χ0) is 12.0. The molecule has 0 aliphatic carbocycles. The van der Waals surface area contributed by atoms with Crippen LogP contribution < -0.4 is 5.73 Å². The fraction of sp³-hybridized carbons (Fsp3) is 0.600. The number of alkyl halides is 3. The minimum absolute atomic E-state index is 0.0989. The number of aryl methyl sites for hydroxylation is 1. The van der Waals surface area contributed by atoms with Crippen molar-refractivity contribution in [3.8, 4) is 0 Å². The van der Waals surface area contributed by atoms with Gasteiger partial charge in [0.2, 0.25) is 0 Å². The molecule has 0 bridgehead atoms. The molecule has 0 spiro atoms. The summed E-state index contributed by atoms with van der Waals surface area (Å²) in [7, 11) is 0. The number of halogens is 3. The van der Waals surface area contributed by atoms with Gasteiger partial charge < -0.3 is 15.0 Å². The summed E-state index contributed by atoms with van der Waals surface area (Å²) in [6.45, 7) is -0.0298. The van der Waals surface area contributed by atoms with Gasteiger partial charge >= 0.3 is 6.18 Å². The van der Waals surface area contributed by atoms with Crippen LogP contribution in [0.2, 0.25) is 0 Å². The molecule has 0 saturated heterocycles. The molecular formula is C10H15F3N2O. The molecule has 0 aliphatic rings. The average Bonchev–Trinajstić information content (AvgIpc) is 2.63. The highest BCUT2D eigenvalue weighted by Crippen LogP contribution is 2.14. The number of aromatic nitrogens is 1. The largest absolute Gasteiger partial charge is 0.411 e. The summed E-state index contributed by atoms with van der Waals surface area (Å²) in [4.78, 5) is 0. The molecule has 0 saturated carbocycles. The third-order valence-electron chi connectivity index (χ3n) is 2.09. The summed E-state index contributed by atoms with van der Waals surface area (Å²) in [6.07, 6.45) is -1.85. The zero-order valence-corrected chi connectivity index (χ0v) is 8.83. The normalized spacial score (nSPS) is 12.0. The van der Waals surface area contributed by atoms with Crippen LogP contribution in [0.3, 0.4) is 0 Å². The van der Waals surface area contributed by atoms with E-state index in [1.165, 1.54) is 0 Å². The van der Waals surface area contributed by atoms with Crippen LogP contribution in [0, 0.1) is 0 Å². The monoisotopic (exact) mass is 236 g/mol. The Hall–Kier alpha value is -1.01. The molecule has 0 aliphatic heterocycles. The van der Waals surface area contributed by atoms with Crippen molar-refractivity contribution in [3.05, 3.63) is 24.0 Å². The van der Waals surface area contributed by atoms with E-state index in [-0.39, 0.29) is 6.61 Å². The quantitative estimate of drug-likeness (QED) is 0.766. The predicted molar refractivity (Wildman–Crippen MR) is 53.8 cm³/mol. The lowest BCUT2D eigenvalue weighted by Crippen LogP contribution is -2.18. The first-order chi connectivity index (χ1) is 7.53. The third kappa shape index (κ3) is 4.67. The fourth-order valence-corrected chi connectivity index (χ4v) is 1.38. The Morgan fingerprint density at radius 1 is 1.38 bits per heavy atom. The van der Waals surface area contributed by atoms with Crippen molar-refractivity contribution in [2.24, 2.45) is 5.73 Å². The van der Waals surface area contributed by atoms with Gasteiger partial charge in [0.1, 0.15) is 6.61 Å². The number of nitrogens with two attached hydrogens (primary N) is 1. The van der Waals surface area contributed by atoms with E-state index in [4.69, 9.17) is 5.73 Å². The van der Waals surface area contributed by atoms with Gasteiger partial charge in [-0.25, -0.2) is 0 Å². The van der Waals surface area contributed by atoms with Gasteiger partial charge in [-0.05, 0) is 18.6 Å². The van der Waals surface area contributed by atoms with Gasteiger partial charge in [0.25, 0.3) is 0 Å². The summed E-state index contributed by atoms with van der Waals surface area (Å²) in [5.74, 6) is 0. The second kappa shape index (κ2) is 5.91. The van der Waals surface area contributed by atoms with E-state index < -0.39 is 12.8 Å². The van der Waals surface area contributed by atoms with Crippen LogP contribution in [0.5, 0.6) is 0 Å². The van der Waals surface area contributed by atoms with Gasteiger partial charge in [-0.15, -0.1) is 0 Å². The van der Waals surface area contributed by atoms with Crippen molar-refractivity contribution in [1.29, 1.82) is 0 Å². The SMILES string of the molecule is NCc1cccn1CCCOCC(F)(F)F. The first-order valence-electron chi connectivity index (χ1n) is 5.01. The molecule has 1 aromatic heterocycles. The van der Waals surface area contributed by atoms with Crippen molar-refractivity contribution >= 4 is 0 Å². The topological polar surface area (TPSA) is 40.2 Å². The minimum Gasteiger partial charge on any atom is -0.372 e. The van der Waals surface area contributed by atoms with E-state index >= 15 is 0 Å². The Bertz CT molecular complexity index is 309. The van der Waals surface area contributed by atoms with E-state index in [0.717, 1.165) is 5.69 Å². The summed E-state index contributed by atoms with van der Waals surface area (Å²) in [6, 6.07) is 3.75. The van der Waals surface area contributed by atoms with Crippen LogP contribution in [-0.2, 0) is 17.8 Å². The molecule has 0 fully saturated rings. The Morgan fingerprint density at radius 2 is 2.12 bits per heavy atom. The van der Waals surface area contributed by atoms with E-state index in [0.29, 0.717) is 19.5 Å². The van der Waals surface area contributed by atoms with E-state index in [2.05, 4.69) is 4.74 Å². The van der Waals surface area contributed by atoms with Gasteiger partial charge in [-0.2, -0.15) is 13.2 Å². The van der Waals surface area contributed by atoms with Crippen LogP contribution in [0.1, 0.15) is 12.1 Å². The van der Waals surface area contributed by atoms with E-state index in [9.17, 15) is 13.2 Å². The Kier molecular flexibility index (Phi) is 4.82. The summed E-state index contributed by atoms with van der Waals surface area (Å²) in [5.41, 5.74) is 6.45. The summed E-state index contributed by atoms with van der Waals surface area (Å²) >= 11 is 0. The number of hydrogen-bond donors (Lipinski definition) is 1. The zero-order valence-electron chi connectivity index (χ0n) is 8.83. The second-order valence-electron chi connectivity index (χ2n) is 3.42. The maximum absolute atomic E-state index is 11.7. The second-order valence-corrected chi connectivity index (χ2v) is 3.42.